The molecule has 1 aliphatic carbocycles. The second-order valence-electron chi connectivity index (χ2n) is 6.77. The first-order valence-corrected chi connectivity index (χ1v) is 9.60. The van der Waals surface area contributed by atoms with Crippen molar-refractivity contribution in [2.24, 2.45) is 21.8 Å². The molecular formula is C20H29N5O2. The van der Waals surface area contributed by atoms with Crippen molar-refractivity contribution in [3.63, 3.8) is 0 Å². The second-order valence-corrected chi connectivity index (χ2v) is 6.77. The van der Waals surface area contributed by atoms with Crippen LogP contribution in [0.2, 0.25) is 0 Å². The van der Waals surface area contributed by atoms with Crippen LogP contribution in [-0.4, -0.2) is 55.2 Å². The number of nitriles is 1. The van der Waals surface area contributed by atoms with Crippen molar-refractivity contribution in [3.8, 4) is 6.07 Å². The van der Waals surface area contributed by atoms with E-state index in [2.05, 4.69) is 28.5 Å². The van der Waals surface area contributed by atoms with Gasteiger partial charge in [-0.1, -0.05) is 32.4 Å². The SMILES string of the molecule is C=C/N=C(\C(=N/C=C)N1CCNCC1)C(C#N)C(=O)OCC1CCCCC1. The quantitative estimate of drug-likeness (QED) is 0.421. The van der Waals surface area contributed by atoms with E-state index in [1.54, 1.807) is 0 Å². The Morgan fingerprint density at radius 2 is 1.89 bits per heavy atom. The first-order chi connectivity index (χ1) is 13.2. The molecule has 1 atom stereocenters. The minimum atomic E-state index is -1.14. The van der Waals surface area contributed by atoms with E-state index in [-0.39, 0.29) is 5.71 Å². The second kappa shape index (κ2) is 11.3. The van der Waals surface area contributed by atoms with Crippen LogP contribution in [0, 0.1) is 23.2 Å². The maximum absolute atomic E-state index is 12.7. The van der Waals surface area contributed by atoms with Crippen molar-refractivity contribution in [1.82, 2.24) is 10.2 Å². The molecule has 0 aromatic heterocycles. The summed E-state index contributed by atoms with van der Waals surface area (Å²) in [6.07, 6.45) is 8.46. The molecule has 7 heteroatoms. The van der Waals surface area contributed by atoms with Crippen molar-refractivity contribution in [2.75, 3.05) is 32.8 Å². The van der Waals surface area contributed by atoms with Gasteiger partial charge in [0.2, 0.25) is 0 Å². The number of ether oxygens (including phenoxy) is 1. The van der Waals surface area contributed by atoms with E-state index in [4.69, 9.17) is 4.74 Å². The van der Waals surface area contributed by atoms with Gasteiger partial charge in [-0.05, 0) is 18.8 Å². The molecular weight excluding hydrogens is 342 g/mol. The lowest BCUT2D eigenvalue weighted by molar-refractivity contribution is -0.146. The third kappa shape index (κ3) is 6.04. The first-order valence-electron chi connectivity index (χ1n) is 9.60. The van der Waals surface area contributed by atoms with Crippen LogP contribution in [0.4, 0.5) is 0 Å². The highest BCUT2D eigenvalue weighted by Gasteiger charge is 2.32. The van der Waals surface area contributed by atoms with E-state index in [1.165, 1.54) is 31.7 Å². The summed E-state index contributed by atoms with van der Waals surface area (Å²) in [4.78, 5) is 23.2. The van der Waals surface area contributed by atoms with Crippen molar-refractivity contribution in [1.29, 1.82) is 5.26 Å². The molecule has 1 heterocycles. The minimum Gasteiger partial charge on any atom is -0.464 e. The van der Waals surface area contributed by atoms with Gasteiger partial charge in [-0.2, -0.15) is 5.26 Å². The van der Waals surface area contributed by atoms with Crippen LogP contribution in [0.5, 0.6) is 0 Å². The fraction of sp³-hybridized carbons (Fsp3) is 0.600. The third-order valence-corrected chi connectivity index (χ3v) is 4.91. The molecule has 2 aliphatic rings. The van der Waals surface area contributed by atoms with Crippen LogP contribution in [0.25, 0.3) is 0 Å². The number of aliphatic imine (C=N–C) groups is 2. The van der Waals surface area contributed by atoms with Crippen molar-refractivity contribution < 1.29 is 9.53 Å². The standard InChI is InChI=1S/C20H29N5O2/c1-3-23-18(19(24-4-2)25-12-10-22-11-13-25)17(14-21)20(26)27-15-16-8-6-5-7-9-16/h3-4,16-17,22H,1-2,5-13,15H2/b23-18-,24-19+. The van der Waals surface area contributed by atoms with Gasteiger partial charge in [0.25, 0.3) is 0 Å². The van der Waals surface area contributed by atoms with Crippen LogP contribution in [0.3, 0.4) is 0 Å². The highest BCUT2D eigenvalue weighted by Crippen LogP contribution is 2.24. The summed E-state index contributed by atoms with van der Waals surface area (Å²) in [7, 11) is 0. The van der Waals surface area contributed by atoms with Gasteiger partial charge in [-0.3, -0.25) is 9.79 Å². The molecule has 27 heavy (non-hydrogen) atoms. The summed E-state index contributed by atoms with van der Waals surface area (Å²) in [5.41, 5.74) is 0.267. The largest absolute Gasteiger partial charge is 0.464 e. The number of piperazine rings is 1. The summed E-state index contributed by atoms with van der Waals surface area (Å²) in [5, 5.41) is 12.9. The molecule has 1 saturated carbocycles. The lowest BCUT2D eigenvalue weighted by Gasteiger charge is -2.31. The van der Waals surface area contributed by atoms with Gasteiger partial charge >= 0.3 is 5.97 Å². The number of rotatable bonds is 7. The minimum absolute atomic E-state index is 0.267. The Hall–Kier alpha value is -2.46. The molecule has 2 fully saturated rings. The lowest BCUT2D eigenvalue weighted by Crippen LogP contribution is -2.50. The fourth-order valence-electron chi connectivity index (χ4n) is 3.50. The number of carbonyl (C=O) groups excluding carboxylic acids is 1. The molecule has 2 rings (SSSR count). The Kier molecular flexibility index (Phi) is 8.72. The average molecular weight is 371 g/mol. The topological polar surface area (TPSA) is 90.1 Å². The zero-order valence-corrected chi connectivity index (χ0v) is 15.9. The van der Waals surface area contributed by atoms with Gasteiger partial charge in [0, 0.05) is 38.6 Å². The highest BCUT2D eigenvalue weighted by atomic mass is 16.5. The molecule has 0 aromatic carbocycles. The van der Waals surface area contributed by atoms with Gasteiger partial charge in [0.1, 0.15) is 5.71 Å². The number of carbonyl (C=O) groups is 1. The summed E-state index contributed by atoms with van der Waals surface area (Å²) < 4.78 is 5.49. The van der Waals surface area contributed by atoms with E-state index in [1.807, 2.05) is 11.0 Å². The smallest absolute Gasteiger partial charge is 0.329 e. The molecule has 1 saturated heterocycles. The van der Waals surface area contributed by atoms with Crippen LogP contribution >= 0.6 is 0 Å². The molecule has 0 bridgehead atoms. The molecule has 146 valence electrons. The van der Waals surface area contributed by atoms with Crippen LogP contribution in [0.15, 0.2) is 35.5 Å². The number of esters is 1. The highest BCUT2D eigenvalue weighted by molar-refractivity contribution is 6.45. The maximum Gasteiger partial charge on any atom is 0.329 e. The predicted octanol–water partition coefficient (Wildman–Crippen LogP) is 2.28. The van der Waals surface area contributed by atoms with E-state index >= 15 is 0 Å². The number of amidine groups is 1. The summed E-state index contributed by atoms with van der Waals surface area (Å²) in [6.45, 7) is 10.6. The summed E-state index contributed by atoms with van der Waals surface area (Å²) >= 11 is 0. The summed E-state index contributed by atoms with van der Waals surface area (Å²) in [5.74, 6) is -0.848. The Bertz CT molecular complexity index is 623. The fourth-order valence-corrected chi connectivity index (χ4v) is 3.50. The molecule has 0 amide bonds. The van der Waals surface area contributed by atoms with Gasteiger partial charge in [-0.25, -0.2) is 4.99 Å². The monoisotopic (exact) mass is 371 g/mol. The maximum atomic E-state index is 12.7. The van der Waals surface area contributed by atoms with Crippen LogP contribution in [-0.2, 0) is 9.53 Å². The normalized spacial score (nSPS) is 20.5. The molecule has 1 unspecified atom stereocenters. The molecule has 0 spiro atoms. The van der Waals surface area contributed by atoms with Crippen LogP contribution in [0.1, 0.15) is 32.1 Å². The number of hydrogen-bond donors (Lipinski definition) is 1. The number of nitrogens with one attached hydrogen (secondary N) is 1. The van der Waals surface area contributed by atoms with E-state index in [0.29, 0.717) is 31.4 Å². The Balaban J connectivity index is 2.14. The lowest BCUT2D eigenvalue weighted by atomic mass is 9.90. The Morgan fingerprint density at radius 3 is 2.48 bits per heavy atom. The molecule has 1 aliphatic heterocycles. The van der Waals surface area contributed by atoms with Crippen molar-refractivity contribution >= 4 is 17.5 Å². The molecule has 1 N–H and O–H groups in total. The number of nitrogens with zero attached hydrogens (tertiary/aromatic N) is 4. The number of hydrogen-bond acceptors (Lipinski definition) is 6. The van der Waals surface area contributed by atoms with E-state index in [0.717, 1.165) is 25.9 Å². The summed E-state index contributed by atoms with van der Waals surface area (Å²) in [6, 6.07) is 2.04. The van der Waals surface area contributed by atoms with Gasteiger partial charge in [0.15, 0.2) is 11.8 Å². The van der Waals surface area contributed by atoms with Gasteiger partial charge < -0.3 is 15.0 Å². The third-order valence-electron chi connectivity index (χ3n) is 4.91. The van der Waals surface area contributed by atoms with Gasteiger partial charge in [-0.15, -0.1) is 0 Å². The molecule has 0 aromatic rings. The van der Waals surface area contributed by atoms with Crippen molar-refractivity contribution in [3.05, 3.63) is 25.6 Å². The van der Waals surface area contributed by atoms with Gasteiger partial charge in [0.05, 0.1) is 12.7 Å². The Labute approximate surface area is 161 Å². The first kappa shape index (κ1) is 20.8. The van der Waals surface area contributed by atoms with E-state index < -0.39 is 11.9 Å². The molecule has 0 radical (unpaired) electrons. The average Bonchev–Trinajstić information content (AvgIpc) is 2.72. The predicted molar refractivity (Wildman–Crippen MR) is 106 cm³/mol. The Morgan fingerprint density at radius 1 is 1.22 bits per heavy atom. The van der Waals surface area contributed by atoms with Crippen LogP contribution < -0.4 is 5.32 Å². The molecule has 7 nitrogen and oxygen atoms in total. The van der Waals surface area contributed by atoms with E-state index in [9.17, 15) is 10.1 Å². The zero-order valence-electron chi connectivity index (χ0n) is 15.9. The van der Waals surface area contributed by atoms with Crippen molar-refractivity contribution in [2.45, 2.75) is 32.1 Å². The zero-order chi connectivity index (χ0) is 19.5.